The molecule has 0 N–H and O–H groups in total. The van der Waals surface area contributed by atoms with Crippen molar-refractivity contribution in [3.63, 3.8) is 0 Å². The number of Topliss-reactive ketones (excluding diaryl/α,β-unsaturated/α-hetero) is 1. The summed E-state index contributed by atoms with van der Waals surface area (Å²) in [5.41, 5.74) is 1.76. The van der Waals surface area contributed by atoms with E-state index in [2.05, 4.69) is 34.6 Å². The maximum atomic E-state index is 13.2. The lowest BCUT2D eigenvalue weighted by Crippen LogP contribution is -2.60. The van der Waals surface area contributed by atoms with Crippen molar-refractivity contribution in [1.29, 1.82) is 0 Å². The van der Waals surface area contributed by atoms with Crippen LogP contribution in [0.15, 0.2) is 11.1 Å². The minimum absolute atomic E-state index is 0.0413. The highest BCUT2D eigenvalue weighted by Gasteiger charge is 2.65. The largest absolute Gasteiger partial charge is 0.462 e. The van der Waals surface area contributed by atoms with Gasteiger partial charge in [-0.1, -0.05) is 34.6 Å². The summed E-state index contributed by atoms with van der Waals surface area (Å²) >= 11 is 6.30. The summed E-state index contributed by atoms with van der Waals surface area (Å²) < 4.78 is 5.75. The molecule has 0 bridgehead atoms. The molecular formula is C30H43ClO4. The number of allylic oxidation sites excluding steroid dienone is 2. The minimum atomic E-state index is -0.750. The maximum absolute atomic E-state index is 13.2. The summed E-state index contributed by atoms with van der Waals surface area (Å²) in [5.74, 6) is 2.50. The van der Waals surface area contributed by atoms with Crippen LogP contribution in [0.3, 0.4) is 0 Å². The first-order valence-electron chi connectivity index (χ1n) is 14.0. The van der Waals surface area contributed by atoms with Crippen molar-refractivity contribution in [2.24, 2.45) is 51.8 Å². The molecule has 0 radical (unpaired) electrons. The number of hydrogen-bond donors (Lipinski definition) is 0. The molecule has 0 amide bonds. The Bertz CT molecular complexity index is 983. The van der Waals surface area contributed by atoms with Crippen molar-refractivity contribution < 1.29 is 19.1 Å². The fourth-order valence-electron chi connectivity index (χ4n) is 10.5. The molecule has 0 saturated heterocycles. The Morgan fingerprint density at radius 1 is 0.971 bits per heavy atom. The number of carbonyl (C=O) groups excluding carboxylic acids is 3. The van der Waals surface area contributed by atoms with Gasteiger partial charge in [0, 0.05) is 13.3 Å². The first-order chi connectivity index (χ1) is 16.4. The van der Waals surface area contributed by atoms with Gasteiger partial charge in [0.15, 0.2) is 5.78 Å². The van der Waals surface area contributed by atoms with Gasteiger partial charge in [-0.25, -0.2) is 0 Å². The average Bonchev–Trinajstić information content (AvgIpc) is 3.09. The summed E-state index contributed by atoms with van der Waals surface area (Å²) in [7, 11) is 0. The Labute approximate surface area is 216 Å². The Morgan fingerprint density at radius 2 is 1.60 bits per heavy atom. The smallest absolute Gasteiger partial charge is 0.302 e. The van der Waals surface area contributed by atoms with E-state index in [4.69, 9.17) is 16.3 Å². The van der Waals surface area contributed by atoms with Gasteiger partial charge in [-0.15, -0.1) is 0 Å². The lowest BCUT2D eigenvalue weighted by atomic mass is 9.38. The molecule has 0 spiro atoms. The van der Waals surface area contributed by atoms with E-state index in [-0.39, 0.29) is 46.3 Å². The zero-order chi connectivity index (χ0) is 25.5. The summed E-state index contributed by atoms with van der Waals surface area (Å²) in [6.07, 6.45) is 8.65. The molecule has 4 nitrogen and oxygen atoms in total. The van der Waals surface area contributed by atoms with Gasteiger partial charge in [0.25, 0.3) is 0 Å². The molecule has 5 aliphatic carbocycles. The van der Waals surface area contributed by atoms with Gasteiger partial charge in [0.05, 0.1) is 5.41 Å². The molecule has 5 heteroatoms. The lowest BCUT2D eigenvalue weighted by Gasteiger charge is -2.67. The number of hydrogen-bond acceptors (Lipinski definition) is 4. The van der Waals surface area contributed by atoms with Crippen LogP contribution in [0.2, 0.25) is 0 Å². The van der Waals surface area contributed by atoms with Crippen molar-refractivity contribution in [1.82, 2.24) is 0 Å². The van der Waals surface area contributed by atoms with Gasteiger partial charge < -0.3 is 4.74 Å². The SMILES string of the molecule is CC(=O)OC1CCC2(C)C(CCC3(C)C4CCC5(C(=O)Cl)CC(=O)C(C(C)C)=C5C4CCC32)C1C. The fraction of sp³-hybridized carbons (Fsp3) is 0.833. The molecule has 35 heavy (non-hydrogen) atoms. The Kier molecular flexibility index (Phi) is 6.14. The highest BCUT2D eigenvalue weighted by atomic mass is 35.5. The van der Waals surface area contributed by atoms with Crippen molar-refractivity contribution >= 4 is 28.6 Å². The van der Waals surface area contributed by atoms with Crippen LogP contribution in [0.1, 0.15) is 99.3 Å². The van der Waals surface area contributed by atoms with E-state index >= 15 is 0 Å². The van der Waals surface area contributed by atoms with Gasteiger partial charge >= 0.3 is 5.97 Å². The molecule has 9 unspecified atom stereocenters. The molecular weight excluding hydrogens is 460 g/mol. The molecule has 0 aromatic heterocycles. The molecule has 0 heterocycles. The molecule has 5 rings (SSSR count). The summed E-state index contributed by atoms with van der Waals surface area (Å²) in [6, 6.07) is 0. The maximum Gasteiger partial charge on any atom is 0.302 e. The van der Waals surface area contributed by atoms with Crippen LogP contribution in [0.25, 0.3) is 0 Å². The number of carbonyl (C=O) groups is 3. The van der Waals surface area contributed by atoms with Gasteiger partial charge in [-0.2, -0.15) is 0 Å². The second kappa shape index (κ2) is 8.43. The highest BCUT2D eigenvalue weighted by Crippen LogP contribution is 2.71. The van der Waals surface area contributed by atoms with E-state index in [1.807, 2.05) is 0 Å². The number of halogens is 1. The fourth-order valence-corrected chi connectivity index (χ4v) is 10.8. The molecule has 0 aromatic rings. The molecule has 4 saturated carbocycles. The second-order valence-electron chi connectivity index (χ2n) is 13.5. The van der Waals surface area contributed by atoms with E-state index in [0.717, 1.165) is 49.7 Å². The lowest BCUT2D eigenvalue weighted by molar-refractivity contribution is -0.189. The third-order valence-corrected chi connectivity index (χ3v) is 12.2. The predicted octanol–water partition coefficient (Wildman–Crippen LogP) is 6.88. The number of esters is 1. The molecule has 0 aromatic carbocycles. The van der Waals surface area contributed by atoms with Crippen LogP contribution in [0.5, 0.6) is 0 Å². The topological polar surface area (TPSA) is 60.4 Å². The zero-order valence-corrected chi connectivity index (χ0v) is 23.2. The first-order valence-corrected chi connectivity index (χ1v) is 14.4. The molecule has 0 aliphatic heterocycles. The number of fused-ring (bicyclic) bond motifs is 7. The van der Waals surface area contributed by atoms with E-state index in [0.29, 0.717) is 29.6 Å². The van der Waals surface area contributed by atoms with Crippen LogP contribution in [0, 0.1) is 51.8 Å². The molecule has 9 atom stereocenters. The van der Waals surface area contributed by atoms with Crippen LogP contribution in [-0.2, 0) is 19.1 Å². The predicted molar refractivity (Wildman–Crippen MR) is 137 cm³/mol. The van der Waals surface area contributed by atoms with Gasteiger partial charge in [0.1, 0.15) is 6.10 Å². The average molecular weight is 503 g/mol. The second-order valence-corrected chi connectivity index (χ2v) is 13.9. The Hall–Kier alpha value is -1.16. The number of ether oxygens (including phenoxy) is 1. The van der Waals surface area contributed by atoms with E-state index < -0.39 is 5.41 Å². The Balaban J connectivity index is 1.50. The minimum Gasteiger partial charge on any atom is -0.462 e. The summed E-state index contributed by atoms with van der Waals surface area (Å²) in [4.78, 5) is 37.8. The summed E-state index contributed by atoms with van der Waals surface area (Å²) in [5, 5.41) is -0.310. The van der Waals surface area contributed by atoms with Gasteiger partial charge in [-0.3, -0.25) is 14.4 Å². The quantitative estimate of drug-likeness (QED) is 0.311. The normalized spacial score (nSPS) is 47.0. The molecule has 4 fully saturated rings. The van der Waals surface area contributed by atoms with Crippen molar-refractivity contribution in [2.75, 3.05) is 0 Å². The van der Waals surface area contributed by atoms with Crippen LogP contribution >= 0.6 is 11.6 Å². The standard InChI is InChI=1S/C30H43ClO4/c1-16(2)25-22(33)15-30(27(31)34)14-10-21-19(26(25)30)7-8-24-28(5)13-11-23(35-18(4)32)17(3)20(28)9-12-29(21,24)6/h16-17,19-21,23-24H,7-15H2,1-6H3. The van der Waals surface area contributed by atoms with Crippen molar-refractivity contribution in [2.45, 2.75) is 105 Å². The van der Waals surface area contributed by atoms with Crippen LogP contribution in [-0.4, -0.2) is 23.1 Å². The monoisotopic (exact) mass is 502 g/mol. The van der Waals surface area contributed by atoms with Crippen LogP contribution in [0.4, 0.5) is 0 Å². The van der Waals surface area contributed by atoms with Gasteiger partial charge in [-0.05, 0) is 120 Å². The third kappa shape index (κ3) is 3.47. The van der Waals surface area contributed by atoms with Crippen LogP contribution < -0.4 is 0 Å². The molecule has 194 valence electrons. The van der Waals surface area contributed by atoms with Crippen molar-refractivity contribution in [3.05, 3.63) is 11.1 Å². The van der Waals surface area contributed by atoms with E-state index in [9.17, 15) is 14.4 Å². The summed E-state index contributed by atoms with van der Waals surface area (Å²) in [6.45, 7) is 13.1. The number of ketones is 1. The van der Waals surface area contributed by atoms with E-state index in [1.165, 1.54) is 19.8 Å². The Morgan fingerprint density at radius 3 is 2.23 bits per heavy atom. The zero-order valence-electron chi connectivity index (χ0n) is 22.4. The van der Waals surface area contributed by atoms with Crippen molar-refractivity contribution in [3.8, 4) is 0 Å². The molecule has 5 aliphatic rings. The van der Waals surface area contributed by atoms with E-state index in [1.54, 1.807) is 0 Å². The highest BCUT2D eigenvalue weighted by molar-refractivity contribution is 6.65. The first kappa shape index (κ1) is 25.5. The third-order valence-electron chi connectivity index (χ3n) is 11.8. The number of rotatable bonds is 3. The van der Waals surface area contributed by atoms with Gasteiger partial charge in [0.2, 0.25) is 5.24 Å².